The van der Waals surface area contributed by atoms with Crippen LogP contribution in [-0.2, 0) is 11.3 Å². The molecule has 0 saturated heterocycles. The molecule has 0 saturated carbocycles. The quantitative estimate of drug-likeness (QED) is 0.724. The highest BCUT2D eigenvalue weighted by atomic mass is 79.9. The zero-order valence-corrected chi connectivity index (χ0v) is 13.1. The Kier molecular flexibility index (Phi) is 5.53. The molecule has 1 heterocycles. The van der Waals surface area contributed by atoms with Crippen LogP contribution < -0.4 is 0 Å². The van der Waals surface area contributed by atoms with Gasteiger partial charge in [-0.1, -0.05) is 20.8 Å². The predicted octanol–water partition coefficient (Wildman–Crippen LogP) is 3.44. The number of ether oxygens (including phenoxy) is 1. The van der Waals surface area contributed by atoms with Crippen LogP contribution in [0.15, 0.2) is 10.7 Å². The van der Waals surface area contributed by atoms with E-state index in [1.807, 2.05) is 13.8 Å². The molecule has 0 aliphatic carbocycles. The largest absolute Gasteiger partial charge is 0.370 e. The van der Waals surface area contributed by atoms with Crippen LogP contribution in [0.1, 0.15) is 50.5 Å². The van der Waals surface area contributed by atoms with E-state index in [0.717, 1.165) is 17.4 Å². The maximum atomic E-state index is 12.7. The van der Waals surface area contributed by atoms with Gasteiger partial charge in [0.2, 0.25) is 5.78 Å². The highest BCUT2D eigenvalue weighted by Gasteiger charge is 2.38. The molecule has 1 aromatic rings. The van der Waals surface area contributed by atoms with Crippen molar-refractivity contribution in [1.82, 2.24) is 9.78 Å². The van der Waals surface area contributed by atoms with E-state index in [9.17, 15) is 4.79 Å². The molecule has 0 aromatic carbocycles. The van der Waals surface area contributed by atoms with E-state index in [1.54, 1.807) is 18.0 Å². The van der Waals surface area contributed by atoms with Crippen LogP contribution in [-0.4, -0.2) is 28.3 Å². The van der Waals surface area contributed by atoms with E-state index in [-0.39, 0.29) is 5.78 Å². The lowest BCUT2D eigenvalue weighted by molar-refractivity contribution is -0.00352. The van der Waals surface area contributed by atoms with Crippen molar-refractivity contribution < 1.29 is 9.53 Å². The van der Waals surface area contributed by atoms with Crippen molar-refractivity contribution >= 4 is 21.7 Å². The van der Waals surface area contributed by atoms with Gasteiger partial charge in [0.25, 0.3) is 0 Å². The second kappa shape index (κ2) is 6.48. The fourth-order valence-electron chi connectivity index (χ4n) is 2.14. The molecule has 0 aliphatic rings. The third-order valence-corrected chi connectivity index (χ3v) is 3.97. The van der Waals surface area contributed by atoms with Crippen LogP contribution in [0, 0.1) is 0 Å². The lowest BCUT2D eigenvalue weighted by atomic mass is 9.90. The molecule has 0 atom stereocenters. The first-order chi connectivity index (χ1) is 8.56. The van der Waals surface area contributed by atoms with Crippen LogP contribution in [0.2, 0.25) is 0 Å². The minimum absolute atomic E-state index is 0.00725. The molecule has 0 radical (unpaired) electrons. The molecule has 4 nitrogen and oxygen atoms in total. The number of carbonyl (C=O) groups is 1. The van der Waals surface area contributed by atoms with Crippen molar-refractivity contribution in [2.24, 2.45) is 0 Å². The average molecular weight is 317 g/mol. The number of rotatable bonds is 7. The fraction of sp³-hybridized carbons (Fsp3) is 0.692. The number of aryl methyl sites for hydroxylation is 1. The molecule has 0 fully saturated rings. The van der Waals surface area contributed by atoms with Gasteiger partial charge in [-0.3, -0.25) is 9.48 Å². The Balaban J connectivity index is 3.20. The molecule has 1 aromatic heterocycles. The Morgan fingerprint density at radius 3 is 2.50 bits per heavy atom. The Bertz CT molecular complexity index is 403. The Hall–Kier alpha value is -0.680. The van der Waals surface area contributed by atoms with Crippen LogP contribution >= 0.6 is 15.9 Å². The number of hydrogen-bond acceptors (Lipinski definition) is 3. The van der Waals surface area contributed by atoms with E-state index < -0.39 is 5.60 Å². The van der Waals surface area contributed by atoms with Gasteiger partial charge in [-0.25, -0.2) is 0 Å². The number of Topliss-reactive ketones (excluding diaryl/α,β-unsaturated/α-hetero) is 1. The Morgan fingerprint density at radius 1 is 1.44 bits per heavy atom. The van der Waals surface area contributed by atoms with Gasteiger partial charge < -0.3 is 4.74 Å². The Morgan fingerprint density at radius 2 is 2.06 bits per heavy atom. The van der Waals surface area contributed by atoms with Gasteiger partial charge in [-0.2, -0.15) is 5.10 Å². The van der Waals surface area contributed by atoms with Crippen molar-refractivity contribution in [2.75, 3.05) is 7.11 Å². The summed E-state index contributed by atoms with van der Waals surface area (Å²) in [5, 5.41) is 4.24. The maximum absolute atomic E-state index is 12.7. The zero-order valence-electron chi connectivity index (χ0n) is 11.5. The molecule has 5 heteroatoms. The molecule has 0 amide bonds. The Labute approximate surface area is 117 Å². The van der Waals surface area contributed by atoms with Gasteiger partial charge in [-0.05, 0) is 35.2 Å². The summed E-state index contributed by atoms with van der Waals surface area (Å²) in [6.45, 7) is 6.74. The SMILES string of the molecule is CCCn1ncc(Br)c1C(=O)C(CC)(CC)OC. The summed E-state index contributed by atoms with van der Waals surface area (Å²) >= 11 is 3.41. The van der Waals surface area contributed by atoms with Crippen molar-refractivity contribution in [3.05, 3.63) is 16.4 Å². The molecule has 0 spiro atoms. The van der Waals surface area contributed by atoms with Crippen LogP contribution in [0.3, 0.4) is 0 Å². The summed E-state index contributed by atoms with van der Waals surface area (Å²) in [5.41, 5.74) is -0.129. The first-order valence-corrected chi connectivity index (χ1v) is 7.16. The predicted molar refractivity (Wildman–Crippen MR) is 74.9 cm³/mol. The number of hydrogen-bond donors (Lipinski definition) is 0. The number of aromatic nitrogens is 2. The average Bonchev–Trinajstić information content (AvgIpc) is 2.73. The summed E-state index contributed by atoms with van der Waals surface area (Å²) in [6.07, 6.45) is 3.92. The molecule has 18 heavy (non-hydrogen) atoms. The van der Waals surface area contributed by atoms with Crippen molar-refractivity contribution in [3.63, 3.8) is 0 Å². The van der Waals surface area contributed by atoms with Crippen LogP contribution in [0.4, 0.5) is 0 Å². The minimum atomic E-state index is -0.742. The lowest BCUT2D eigenvalue weighted by Crippen LogP contribution is -2.41. The monoisotopic (exact) mass is 316 g/mol. The number of nitrogens with zero attached hydrogens (tertiary/aromatic N) is 2. The summed E-state index contributed by atoms with van der Waals surface area (Å²) < 4.78 is 7.99. The summed E-state index contributed by atoms with van der Waals surface area (Å²) in [4.78, 5) is 12.7. The molecule has 102 valence electrons. The number of halogens is 1. The van der Waals surface area contributed by atoms with Crippen molar-refractivity contribution in [2.45, 2.75) is 52.2 Å². The summed E-state index contributed by atoms with van der Waals surface area (Å²) in [6, 6.07) is 0. The van der Waals surface area contributed by atoms with Gasteiger partial charge in [-0.15, -0.1) is 0 Å². The van der Waals surface area contributed by atoms with E-state index in [0.29, 0.717) is 18.5 Å². The second-order valence-corrected chi connectivity index (χ2v) is 5.15. The van der Waals surface area contributed by atoms with Crippen molar-refractivity contribution in [3.8, 4) is 0 Å². The molecule has 0 bridgehead atoms. The first kappa shape index (κ1) is 15.4. The highest BCUT2D eigenvalue weighted by Crippen LogP contribution is 2.28. The standard InChI is InChI=1S/C13H21BrN2O2/c1-5-8-16-11(10(14)9-15-16)12(17)13(6-2,7-3)18-4/h9H,5-8H2,1-4H3. The minimum Gasteiger partial charge on any atom is -0.370 e. The normalized spacial score (nSPS) is 11.8. The highest BCUT2D eigenvalue weighted by molar-refractivity contribution is 9.10. The molecule has 0 aliphatic heterocycles. The van der Waals surface area contributed by atoms with E-state index in [1.165, 1.54) is 0 Å². The molecule has 1 rings (SSSR count). The number of ketones is 1. The van der Waals surface area contributed by atoms with Gasteiger partial charge in [0.15, 0.2) is 0 Å². The van der Waals surface area contributed by atoms with Gasteiger partial charge in [0, 0.05) is 13.7 Å². The second-order valence-electron chi connectivity index (χ2n) is 4.30. The van der Waals surface area contributed by atoms with E-state index in [4.69, 9.17) is 4.74 Å². The van der Waals surface area contributed by atoms with Crippen LogP contribution in [0.5, 0.6) is 0 Å². The molecular weight excluding hydrogens is 296 g/mol. The fourth-order valence-corrected chi connectivity index (χ4v) is 2.61. The van der Waals surface area contributed by atoms with E-state index in [2.05, 4.69) is 28.0 Å². The third kappa shape index (κ3) is 2.67. The number of carbonyl (C=O) groups excluding carboxylic acids is 1. The van der Waals surface area contributed by atoms with Gasteiger partial charge >= 0.3 is 0 Å². The zero-order chi connectivity index (χ0) is 13.8. The third-order valence-electron chi connectivity index (χ3n) is 3.39. The molecule has 0 N–H and O–H groups in total. The van der Waals surface area contributed by atoms with E-state index >= 15 is 0 Å². The maximum Gasteiger partial charge on any atom is 0.213 e. The summed E-state index contributed by atoms with van der Waals surface area (Å²) in [5.74, 6) is 0.00725. The molecule has 0 unspecified atom stereocenters. The van der Waals surface area contributed by atoms with Crippen LogP contribution in [0.25, 0.3) is 0 Å². The summed E-state index contributed by atoms with van der Waals surface area (Å²) in [7, 11) is 1.60. The van der Waals surface area contributed by atoms with Gasteiger partial charge in [0.05, 0.1) is 10.7 Å². The van der Waals surface area contributed by atoms with Gasteiger partial charge in [0.1, 0.15) is 11.3 Å². The smallest absolute Gasteiger partial charge is 0.213 e. The molecular formula is C13H21BrN2O2. The number of methoxy groups -OCH3 is 1. The topological polar surface area (TPSA) is 44.1 Å². The lowest BCUT2D eigenvalue weighted by Gasteiger charge is -2.28. The van der Waals surface area contributed by atoms with Crippen molar-refractivity contribution in [1.29, 1.82) is 0 Å². The first-order valence-electron chi connectivity index (χ1n) is 6.37.